The number of carboxylic acids is 1. The monoisotopic (exact) mass is 514 g/mol. The van der Waals surface area contributed by atoms with E-state index in [1.807, 2.05) is 36.4 Å². The SMILES string of the molecule is O=C(NC(Cc1ccccc1OCCN1CCCC1=O)C(=O)O)OCC1c2ccccc2-c2ccccc21. The Morgan fingerprint density at radius 2 is 1.63 bits per heavy atom. The van der Waals surface area contributed by atoms with Gasteiger partial charge in [-0.2, -0.15) is 0 Å². The zero-order valence-corrected chi connectivity index (χ0v) is 21.0. The minimum atomic E-state index is -1.20. The fourth-order valence-corrected chi connectivity index (χ4v) is 5.22. The second-order valence-corrected chi connectivity index (χ2v) is 9.51. The summed E-state index contributed by atoms with van der Waals surface area (Å²) in [6.45, 7) is 1.62. The molecule has 1 unspecified atom stereocenters. The van der Waals surface area contributed by atoms with Crippen molar-refractivity contribution in [3.63, 3.8) is 0 Å². The summed E-state index contributed by atoms with van der Waals surface area (Å²) in [4.78, 5) is 38.3. The molecule has 0 spiro atoms. The summed E-state index contributed by atoms with van der Waals surface area (Å²) in [5.41, 5.74) is 5.04. The van der Waals surface area contributed by atoms with E-state index >= 15 is 0 Å². The first-order chi connectivity index (χ1) is 18.5. The summed E-state index contributed by atoms with van der Waals surface area (Å²) in [5.74, 6) is -0.635. The molecule has 8 nitrogen and oxygen atoms in total. The largest absolute Gasteiger partial charge is 0.491 e. The van der Waals surface area contributed by atoms with E-state index < -0.39 is 18.1 Å². The molecule has 1 heterocycles. The van der Waals surface area contributed by atoms with Gasteiger partial charge < -0.3 is 24.8 Å². The van der Waals surface area contributed by atoms with Crippen LogP contribution < -0.4 is 10.1 Å². The van der Waals surface area contributed by atoms with Gasteiger partial charge >= 0.3 is 12.1 Å². The third-order valence-corrected chi connectivity index (χ3v) is 7.12. The number of fused-ring (bicyclic) bond motifs is 3. The molecule has 1 fully saturated rings. The predicted octanol–water partition coefficient (Wildman–Crippen LogP) is 4.22. The Kier molecular flexibility index (Phi) is 7.58. The lowest BCUT2D eigenvalue weighted by Crippen LogP contribution is -2.43. The standard InChI is InChI=1S/C30H30N2O6/c33-28-14-7-15-32(28)16-17-37-27-13-6-1-8-20(27)18-26(29(34)35)31-30(36)38-19-25-23-11-4-2-9-21(23)22-10-3-5-12-24(22)25/h1-6,8-13,25-26H,7,14-19H2,(H,31,36)(H,34,35). The number of carboxylic acid groups (broad SMARTS) is 1. The van der Waals surface area contributed by atoms with Crippen molar-refractivity contribution in [2.75, 3.05) is 26.3 Å². The van der Waals surface area contributed by atoms with E-state index in [9.17, 15) is 19.5 Å². The van der Waals surface area contributed by atoms with E-state index in [2.05, 4.69) is 17.4 Å². The zero-order valence-electron chi connectivity index (χ0n) is 21.0. The van der Waals surface area contributed by atoms with Gasteiger partial charge in [0.1, 0.15) is 25.0 Å². The van der Waals surface area contributed by atoms with Crippen molar-refractivity contribution in [2.24, 2.45) is 0 Å². The van der Waals surface area contributed by atoms with Gasteiger partial charge in [-0.3, -0.25) is 4.79 Å². The summed E-state index contributed by atoms with van der Waals surface area (Å²) in [7, 11) is 0. The Morgan fingerprint density at radius 3 is 2.29 bits per heavy atom. The molecule has 0 aromatic heterocycles. The Balaban J connectivity index is 1.20. The molecule has 1 saturated heterocycles. The lowest BCUT2D eigenvalue weighted by Gasteiger charge is -2.20. The molecule has 196 valence electrons. The van der Waals surface area contributed by atoms with Crippen LogP contribution in [0.4, 0.5) is 4.79 Å². The van der Waals surface area contributed by atoms with Crippen LogP contribution in [0, 0.1) is 0 Å². The van der Waals surface area contributed by atoms with Crippen LogP contribution in [0.3, 0.4) is 0 Å². The van der Waals surface area contributed by atoms with Gasteiger partial charge in [0.2, 0.25) is 5.91 Å². The average molecular weight is 515 g/mol. The third-order valence-electron chi connectivity index (χ3n) is 7.12. The zero-order chi connectivity index (χ0) is 26.5. The Morgan fingerprint density at radius 1 is 0.974 bits per heavy atom. The van der Waals surface area contributed by atoms with Gasteiger partial charge in [0.15, 0.2) is 0 Å². The third kappa shape index (κ3) is 5.49. The van der Waals surface area contributed by atoms with Gasteiger partial charge in [0.25, 0.3) is 0 Å². The molecule has 38 heavy (non-hydrogen) atoms. The smallest absolute Gasteiger partial charge is 0.407 e. The van der Waals surface area contributed by atoms with Crippen molar-refractivity contribution in [1.82, 2.24) is 10.2 Å². The van der Waals surface area contributed by atoms with Crippen LogP contribution in [0.5, 0.6) is 5.75 Å². The molecule has 3 aromatic carbocycles. The molecule has 0 radical (unpaired) electrons. The first-order valence-electron chi connectivity index (χ1n) is 12.8. The number of ether oxygens (including phenoxy) is 2. The molecule has 1 aliphatic carbocycles. The van der Waals surface area contributed by atoms with Crippen LogP contribution in [0.15, 0.2) is 72.8 Å². The second kappa shape index (κ2) is 11.4. The van der Waals surface area contributed by atoms with Crippen LogP contribution >= 0.6 is 0 Å². The highest BCUT2D eigenvalue weighted by Crippen LogP contribution is 2.44. The summed E-state index contributed by atoms with van der Waals surface area (Å²) < 4.78 is 11.4. The molecule has 8 heteroatoms. The minimum absolute atomic E-state index is 0.0261. The van der Waals surface area contributed by atoms with Crippen LogP contribution in [0.1, 0.15) is 35.4 Å². The van der Waals surface area contributed by atoms with Crippen LogP contribution in [0.2, 0.25) is 0 Å². The first kappa shape index (κ1) is 25.3. The first-order valence-corrected chi connectivity index (χ1v) is 12.8. The van der Waals surface area contributed by atoms with E-state index in [0.717, 1.165) is 35.2 Å². The topological polar surface area (TPSA) is 105 Å². The number of nitrogens with one attached hydrogen (secondary N) is 1. The number of alkyl carbamates (subject to hydrolysis) is 1. The normalized spacial score (nSPS) is 15.1. The van der Waals surface area contributed by atoms with E-state index in [1.54, 1.807) is 29.2 Å². The van der Waals surface area contributed by atoms with Gasteiger partial charge in [-0.15, -0.1) is 0 Å². The highest BCUT2D eigenvalue weighted by atomic mass is 16.5. The maximum absolute atomic E-state index is 12.7. The molecule has 5 rings (SSSR count). The van der Waals surface area contributed by atoms with Crippen LogP contribution in [0.25, 0.3) is 11.1 Å². The maximum Gasteiger partial charge on any atom is 0.407 e. The number of carbonyl (C=O) groups excluding carboxylic acids is 2. The van der Waals surface area contributed by atoms with Crippen molar-refractivity contribution in [1.29, 1.82) is 0 Å². The number of amides is 2. The number of carbonyl (C=O) groups is 3. The fourth-order valence-electron chi connectivity index (χ4n) is 5.22. The predicted molar refractivity (Wildman–Crippen MR) is 141 cm³/mol. The lowest BCUT2D eigenvalue weighted by molar-refractivity contribution is -0.139. The van der Waals surface area contributed by atoms with Crippen molar-refractivity contribution in [2.45, 2.75) is 31.2 Å². The molecule has 1 atom stereocenters. The maximum atomic E-state index is 12.7. The van der Waals surface area contributed by atoms with Crippen molar-refractivity contribution in [3.8, 4) is 16.9 Å². The quantitative estimate of drug-likeness (QED) is 0.420. The minimum Gasteiger partial charge on any atom is -0.491 e. The highest BCUT2D eigenvalue weighted by molar-refractivity contribution is 5.81. The molecule has 0 bridgehead atoms. The van der Waals surface area contributed by atoms with E-state index in [0.29, 0.717) is 30.9 Å². The molecule has 1 aliphatic heterocycles. The molecule has 0 saturated carbocycles. The number of aliphatic carboxylic acids is 1. The van der Waals surface area contributed by atoms with Gasteiger partial charge in [-0.25, -0.2) is 9.59 Å². The molecular weight excluding hydrogens is 484 g/mol. The van der Waals surface area contributed by atoms with Gasteiger partial charge in [-0.1, -0.05) is 66.7 Å². The van der Waals surface area contributed by atoms with E-state index in [4.69, 9.17) is 9.47 Å². The number of nitrogens with zero attached hydrogens (tertiary/aromatic N) is 1. The number of hydrogen-bond acceptors (Lipinski definition) is 5. The molecule has 2 aliphatic rings. The van der Waals surface area contributed by atoms with Gasteiger partial charge in [0, 0.05) is 25.3 Å². The number of hydrogen-bond donors (Lipinski definition) is 2. The number of benzene rings is 3. The van der Waals surface area contributed by atoms with Crippen LogP contribution in [-0.4, -0.2) is 60.3 Å². The van der Waals surface area contributed by atoms with E-state index in [1.165, 1.54) is 0 Å². The Hall–Kier alpha value is -4.33. The molecule has 2 amide bonds. The summed E-state index contributed by atoms with van der Waals surface area (Å²) >= 11 is 0. The second-order valence-electron chi connectivity index (χ2n) is 9.51. The average Bonchev–Trinajstić information content (AvgIpc) is 3.48. The van der Waals surface area contributed by atoms with Crippen molar-refractivity contribution < 1.29 is 29.0 Å². The number of rotatable bonds is 10. The fraction of sp³-hybridized carbons (Fsp3) is 0.300. The lowest BCUT2D eigenvalue weighted by atomic mass is 9.98. The number of para-hydroxylation sites is 1. The van der Waals surface area contributed by atoms with Crippen LogP contribution in [-0.2, 0) is 20.7 Å². The molecule has 3 aromatic rings. The Labute approximate surface area is 221 Å². The van der Waals surface area contributed by atoms with E-state index in [-0.39, 0.29) is 24.9 Å². The van der Waals surface area contributed by atoms with Crippen molar-refractivity contribution in [3.05, 3.63) is 89.5 Å². The molecular formula is C30H30N2O6. The van der Waals surface area contributed by atoms with Gasteiger partial charge in [-0.05, 0) is 40.3 Å². The van der Waals surface area contributed by atoms with Gasteiger partial charge in [0.05, 0.1) is 6.54 Å². The highest BCUT2D eigenvalue weighted by Gasteiger charge is 2.30. The molecule has 2 N–H and O–H groups in total. The summed E-state index contributed by atoms with van der Waals surface area (Å²) in [6, 6.07) is 22.0. The van der Waals surface area contributed by atoms with Crippen molar-refractivity contribution >= 4 is 18.0 Å². The Bertz CT molecular complexity index is 1290. The summed E-state index contributed by atoms with van der Waals surface area (Å²) in [5, 5.41) is 12.3. The number of likely N-dealkylation sites (tertiary alicyclic amines) is 1. The summed E-state index contributed by atoms with van der Waals surface area (Å²) in [6.07, 6.45) is 0.666.